The predicted octanol–water partition coefficient (Wildman–Crippen LogP) is 6.36. The Balaban J connectivity index is 0.000000307. The van der Waals surface area contributed by atoms with Crippen molar-refractivity contribution in [1.29, 1.82) is 0 Å². The summed E-state index contributed by atoms with van der Waals surface area (Å²) in [5.74, 6) is -0.357. The number of nitrogens with two attached hydrogens (primary N) is 6. The normalized spacial score (nSPS) is 15.1. The number of aromatic amines is 1. The number of nitrogens with one attached hydrogen (secondary N) is 4. The lowest BCUT2D eigenvalue weighted by Crippen LogP contribution is -2.35. The molecule has 3 aliphatic heterocycles. The summed E-state index contributed by atoms with van der Waals surface area (Å²) < 4.78 is 34.9. The molecule has 6 aromatic carbocycles. The first kappa shape index (κ1) is 88.1. The van der Waals surface area contributed by atoms with Gasteiger partial charge < -0.3 is 93.6 Å². The first-order valence-corrected chi connectivity index (χ1v) is 34.9. The Morgan fingerprint density at radius 3 is 1.13 bits per heavy atom. The molecule has 562 valence electrons. The number of aromatic nitrogens is 2. The number of aliphatic hydroxyl groups is 1. The van der Waals surface area contributed by atoms with Crippen molar-refractivity contribution in [3.05, 3.63) is 234 Å². The number of carbonyl (C=O) groups excluding carboxylic acids is 6. The summed E-state index contributed by atoms with van der Waals surface area (Å²) in [5, 5.41) is 18.2. The van der Waals surface area contributed by atoms with Crippen LogP contribution in [-0.2, 0) is 108 Å². The number of aliphatic hydroxyl groups excluding tert-OH is 1. The monoisotopic (exact) mass is 1430 g/mol. The largest absolute Gasteiger partial charge is 0.460 e. The molecule has 25 heteroatoms. The van der Waals surface area contributed by atoms with Gasteiger partial charge >= 0.3 is 35.8 Å². The lowest BCUT2D eigenvalue weighted by molar-refractivity contribution is -0.148. The van der Waals surface area contributed by atoms with Crippen LogP contribution in [0, 0.1) is 11.8 Å². The minimum atomic E-state index is -0.946. The van der Waals surface area contributed by atoms with Crippen LogP contribution < -0.4 is 50.4 Å². The number of piperidine rings is 1. The first-order chi connectivity index (χ1) is 49.9. The minimum absolute atomic E-state index is 0.0627. The van der Waals surface area contributed by atoms with Gasteiger partial charge in [-0.05, 0) is 124 Å². The van der Waals surface area contributed by atoms with E-state index in [4.69, 9.17) is 72.7 Å². The first-order valence-electron chi connectivity index (χ1n) is 34.9. The summed E-state index contributed by atoms with van der Waals surface area (Å²) in [7, 11) is 0. The second-order valence-corrected chi connectivity index (χ2v) is 24.2. The van der Waals surface area contributed by atoms with Gasteiger partial charge in [0, 0.05) is 31.4 Å². The summed E-state index contributed by atoms with van der Waals surface area (Å²) in [4.78, 5) is 73.6. The molecule has 7 aromatic rings. The molecule has 4 heterocycles. The van der Waals surface area contributed by atoms with Crippen molar-refractivity contribution in [3.63, 3.8) is 0 Å². The van der Waals surface area contributed by atoms with E-state index in [1.54, 1.807) is 26.4 Å². The van der Waals surface area contributed by atoms with E-state index >= 15 is 0 Å². The lowest BCUT2D eigenvalue weighted by Gasteiger charge is -2.17. The smallest absolute Gasteiger partial charge is 0.325 e. The van der Waals surface area contributed by atoms with Crippen LogP contribution in [0.2, 0.25) is 0 Å². The van der Waals surface area contributed by atoms with Crippen molar-refractivity contribution in [2.45, 2.75) is 136 Å². The van der Waals surface area contributed by atoms with Crippen molar-refractivity contribution in [3.8, 4) is 0 Å². The van der Waals surface area contributed by atoms with E-state index in [0.29, 0.717) is 32.8 Å². The standard InChI is InChI=1S/C13H15N3O2.C12H15NO2.C10H13NO3.2C10H13NO2.C9H11NO2.C6H13N.C4H9NO.C4H9N/c14-12(6-11-7-15-9-16-11)13(17)18-8-10-4-2-1-3-5-10;14-12(11-7-4-8-13-11)15-9-10-5-2-1-3-6-10;11-9(6-12)10(13)14-7-8-4-2-1-3-5-8;2*1-8(11)10(12)13-7-9-5-3-2-4-6-9;10-6-9(11)12-7-8-4-2-1-3-5-8;1-6-2-4-7-5-3-6;1-3-6-4-2-5-1;5-3-4-1-2-4/h1-5,7,9,12H,6,8,14H2,(H,15,16);1-3,5-6,11,13H,4,7-9H2;1-5,9,12H,6-7,11H2;2*2-6,8H,7,11H2,1H3;1-5H,6-7,10H2;6-7H,2-5H2,1H3;5H,1-4H2;4H,1-3,5H2/t12-;;9-;2*8-;;;;/m1.110..../s1. The molecule has 5 atom stereocenters. The number of imidazole rings is 1. The highest BCUT2D eigenvalue weighted by molar-refractivity contribution is 5.77. The number of H-pyrrole nitrogens is 1. The second kappa shape index (κ2) is 56.5. The molecule has 0 bridgehead atoms. The van der Waals surface area contributed by atoms with Gasteiger partial charge in [0.1, 0.15) is 69.9 Å². The molecule has 17 N–H and O–H groups in total. The molecule has 4 aliphatic rings. The van der Waals surface area contributed by atoms with Gasteiger partial charge in [0.25, 0.3) is 0 Å². The number of hydrogen-bond donors (Lipinski definition) is 11. The third-order valence-corrected chi connectivity index (χ3v) is 14.9. The van der Waals surface area contributed by atoms with E-state index in [2.05, 4.69) is 32.8 Å². The number of rotatable bonds is 22. The number of esters is 6. The molecule has 4 fully saturated rings. The molecule has 3 saturated heterocycles. The van der Waals surface area contributed by atoms with Crippen molar-refractivity contribution in [2.24, 2.45) is 46.2 Å². The molecular weight excluding hydrogens is 1310 g/mol. The number of nitrogens with zero attached hydrogens (tertiary/aromatic N) is 1. The molecule has 1 unspecified atom stereocenters. The van der Waals surface area contributed by atoms with E-state index in [0.717, 1.165) is 103 Å². The molecule has 1 aromatic heterocycles. The summed E-state index contributed by atoms with van der Waals surface area (Å²) in [6.45, 7) is 14.9. The van der Waals surface area contributed by atoms with E-state index in [1.807, 2.05) is 182 Å². The van der Waals surface area contributed by atoms with Gasteiger partial charge in [-0.2, -0.15) is 0 Å². The molecule has 0 spiro atoms. The zero-order valence-corrected chi connectivity index (χ0v) is 59.9. The predicted molar refractivity (Wildman–Crippen MR) is 397 cm³/mol. The summed E-state index contributed by atoms with van der Waals surface area (Å²) in [5.41, 5.74) is 38.6. The van der Waals surface area contributed by atoms with Gasteiger partial charge in [0.15, 0.2) is 0 Å². The van der Waals surface area contributed by atoms with E-state index in [1.165, 1.54) is 38.8 Å². The van der Waals surface area contributed by atoms with Gasteiger partial charge in [-0.15, -0.1) is 0 Å². The van der Waals surface area contributed by atoms with Crippen LogP contribution in [0.15, 0.2) is 195 Å². The number of benzene rings is 6. The van der Waals surface area contributed by atoms with E-state index < -0.39 is 42.7 Å². The zero-order chi connectivity index (χ0) is 74.9. The summed E-state index contributed by atoms with van der Waals surface area (Å²) in [6, 6.07) is 54.2. The fraction of sp³-hybridized carbons (Fsp3) is 0.423. The second-order valence-electron chi connectivity index (χ2n) is 24.2. The molecule has 1 aliphatic carbocycles. The zero-order valence-electron chi connectivity index (χ0n) is 59.9. The Kier molecular flexibility index (Phi) is 48.3. The number of carbonyl (C=O) groups is 6. The van der Waals surface area contributed by atoms with Crippen LogP contribution >= 0.6 is 0 Å². The highest BCUT2D eigenvalue weighted by atomic mass is 16.6. The summed E-state index contributed by atoms with van der Waals surface area (Å²) >= 11 is 0. The number of hydrogen-bond acceptors (Lipinski definition) is 24. The SMILES string of the molecule is C1COCCN1.CC1CCNCC1.C[C@@H](N)C(=O)OCc1ccccc1.C[C@H](N)C(=O)OCc1ccccc1.NCC(=O)OCc1ccccc1.NCC1CC1.N[C@H](CO)C(=O)OCc1ccccc1.N[C@H](Cc1cnc[nH]1)C(=O)OCc1ccccc1.O=C(OCc1ccccc1)C1CCCN1. The Labute approximate surface area is 607 Å². The van der Waals surface area contributed by atoms with Crippen molar-refractivity contribution < 1.29 is 67.0 Å². The Morgan fingerprint density at radius 2 is 0.854 bits per heavy atom. The molecular formula is C78H111N11O14. The van der Waals surface area contributed by atoms with Gasteiger partial charge in [0.2, 0.25) is 0 Å². The van der Waals surface area contributed by atoms with Gasteiger partial charge in [-0.3, -0.25) is 28.8 Å². The molecule has 1 saturated carbocycles. The summed E-state index contributed by atoms with van der Waals surface area (Å²) in [6.07, 6.45) is 11.1. The van der Waals surface area contributed by atoms with Gasteiger partial charge in [-0.25, -0.2) is 4.98 Å². The Hall–Kier alpha value is -9.09. The van der Waals surface area contributed by atoms with Crippen molar-refractivity contribution in [1.82, 2.24) is 25.9 Å². The van der Waals surface area contributed by atoms with Crippen molar-refractivity contribution >= 4 is 35.8 Å². The Morgan fingerprint density at radius 1 is 0.485 bits per heavy atom. The third-order valence-electron chi connectivity index (χ3n) is 14.9. The molecule has 0 amide bonds. The molecule has 25 nitrogen and oxygen atoms in total. The van der Waals surface area contributed by atoms with Gasteiger partial charge in [0.05, 0.1) is 32.7 Å². The third kappa shape index (κ3) is 45.5. The van der Waals surface area contributed by atoms with E-state index in [9.17, 15) is 28.8 Å². The topological polar surface area (TPSA) is 408 Å². The lowest BCUT2D eigenvalue weighted by atomic mass is 10.0. The highest BCUT2D eigenvalue weighted by Crippen LogP contribution is 2.26. The molecule has 0 radical (unpaired) electrons. The van der Waals surface area contributed by atoms with Crippen LogP contribution in [0.1, 0.15) is 98.4 Å². The van der Waals surface area contributed by atoms with Crippen LogP contribution in [0.3, 0.4) is 0 Å². The number of morpholine rings is 1. The van der Waals surface area contributed by atoms with Crippen LogP contribution in [-0.4, -0.2) is 147 Å². The fourth-order valence-electron chi connectivity index (χ4n) is 8.53. The quantitative estimate of drug-likeness (QED) is 0.0259. The van der Waals surface area contributed by atoms with Crippen LogP contribution in [0.25, 0.3) is 0 Å². The minimum Gasteiger partial charge on any atom is -0.460 e. The maximum absolute atomic E-state index is 11.7. The maximum Gasteiger partial charge on any atom is 0.325 e. The van der Waals surface area contributed by atoms with Crippen molar-refractivity contribution in [2.75, 3.05) is 65.6 Å². The molecule has 11 rings (SSSR count). The fourth-order valence-corrected chi connectivity index (χ4v) is 8.53. The van der Waals surface area contributed by atoms with Crippen LogP contribution in [0.4, 0.5) is 0 Å². The Bertz CT molecular complexity index is 3190. The molecule has 103 heavy (non-hydrogen) atoms. The van der Waals surface area contributed by atoms with E-state index in [-0.39, 0.29) is 49.7 Å². The van der Waals surface area contributed by atoms with Crippen LogP contribution in [0.5, 0.6) is 0 Å². The highest BCUT2D eigenvalue weighted by Gasteiger charge is 2.23. The number of ether oxygens (including phenoxy) is 7. The average Bonchev–Trinajstić information content (AvgIpc) is 1.92. The van der Waals surface area contributed by atoms with Gasteiger partial charge in [-0.1, -0.05) is 189 Å². The maximum atomic E-state index is 11.7. The average molecular weight is 1430 g/mol.